The van der Waals surface area contributed by atoms with E-state index < -0.39 is 0 Å². The summed E-state index contributed by atoms with van der Waals surface area (Å²) in [5.41, 5.74) is 0. The molecule has 0 spiro atoms. The zero-order valence-corrected chi connectivity index (χ0v) is 15.7. The van der Waals surface area contributed by atoms with E-state index in [-0.39, 0.29) is 30.4 Å². The van der Waals surface area contributed by atoms with Gasteiger partial charge in [0.2, 0.25) is 11.8 Å². The van der Waals surface area contributed by atoms with Crippen LogP contribution >= 0.6 is 0 Å². The van der Waals surface area contributed by atoms with Crippen molar-refractivity contribution in [2.75, 3.05) is 26.2 Å². The highest BCUT2D eigenvalue weighted by molar-refractivity contribution is 5.86. The third-order valence-electron chi connectivity index (χ3n) is 5.31. The second-order valence-corrected chi connectivity index (χ2v) is 7.38. The summed E-state index contributed by atoms with van der Waals surface area (Å²) >= 11 is 0. The van der Waals surface area contributed by atoms with E-state index >= 15 is 0 Å². The Balaban J connectivity index is 1.64. The summed E-state index contributed by atoms with van der Waals surface area (Å²) < 4.78 is 11.1. The van der Waals surface area contributed by atoms with Crippen LogP contribution in [0, 0.1) is 5.92 Å². The van der Waals surface area contributed by atoms with Gasteiger partial charge >= 0.3 is 0 Å². The van der Waals surface area contributed by atoms with E-state index in [4.69, 9.17) is 9.15 Å². The van der Waals surface area contributed by atoms with Gasteiger partial charge in [0.15, 0.2) is 0 Å². The first-order valence-electron chi connectivity index (χ1n) is 9.88. The smallest absolute Gasteiger partial charge is 0.242 e. The maximum Gasteiger partial charge on any atom is 0.242 e. The minimum absolute atomic E-state index is 0.0296. The normalized spacial score (nSPS) is 20.0. The molecule has 0 radical (unpaired) electrons. The van der Waals surface area contributed by atoms with Crippen LogP contribution in [0.4, 0.5) is 0 Å². The Morgan fingerprint density at radius 2 is 2.04 bits per heavy atom. The summed E-state index contributed by atoms with van der Waals surface area (Å²) in [7, 11) is 0. The Labute approximate surface area is 155 Å². The van der Waals surface area contributed by atoms with Gasteiger partial charge in [-0.2, -0.15) is 0 Å². The summed E-state index contributed by atoms with van der Waals surface area (Å²) in [6.45, 7) is 4.56. The molecule has 2 heterocycles. The number of ether oxygens (including phenoxy) is 1. The van der Waals surface area contributed by atoms with Crippen molar-refractivity contribution in [2.24, 2.45) is 5.92 Å². The van der Waals surface area contributed by atoms with Crippen molar-refractivity contribution < 1.29 is 18.7 Å². The average molecular weight is 362 g/mol. The van der Waals surface area contributed by atoms with Crippen LogP contribution in [0.1, 0.15) is 51.2 Å². The van der Waals surface area contributed by atoms with Crippen molar-refractivity contribution in [3.63, 3.8) is 0 Å². The first-order chi connectivity index (χ1) is 12.7. The van der Waals surface area contributed by atoms with Crippen molar-refractivity contribution in [3.05, 3.63) is 24.2 Å². The molecule has 26 heavy (non-hydrogen) atoms. The molecule has 6 heteroatoms. The molecule has 0 bridgehead atoms. The topological polar surface area (TPSA) is 63.0 Å². The molecule has 0 N–H and O–H groups in total. The zero-order valence-electron chi connectivity index (χ0n) is 15.7. The summed E-state index contributed by atoms with van der Waals surface area (Å²) in [4.78, 5) is 29.2. The Morgan fingerprint density at radius 3 is 2.62 bits per heavy atom. The molecule has 1 aliphatic heterocycles. The second-order valence-electron chi connectivity index (χ2n) is 7.38. The Bertz CT molecular complexity index is 577. The predicted molar refractivity (Wildman–Crippen MR) is 97.3 cm³/mol. The second kappa shape index (κ2) is 9.21. The van der Waals surface area contributed by atoms with E-state index in [2.05, 4.69) is 0 Å². The molecular formula is C20H30N2O4. The molecule has 2 aliphatic rings. The molecule has 1 saturated heterocycles. The fourth-order valence-electron chi connectivity index (χ4n) is 3.59. The van der Waals surface area contributed by atoms with Gasteiger partial charge in [-0.25, -0.2) is 0 Å². The number of carbonyl (C=O) groups excluding carboxylic acids is 2. The molecule has 144 valence electrons. The molecular weight excluding hydrogens is 332 g/mol. The first-order valence-corrected chi connectivity index (χ1v) is 9.88. The van der Waals surface area contributed by atoms with E-state index in [1.807, 2.05) is 19.1 Å². The molecule has 1 aliphatic carbocycles. The standard InChI is InChI=1S/C20H30N2O4/c1-2-10-21(20(24)16-6-3-7-16)15-19(23)22(13-17-8-4-11-25-17)14-18-9-5-12-26-18/h4,8,11,16,18H,2-3,5-7,9-10,12-15H2,1H3/t18-/m0/s1. The fourth-order valence-corrected chi connectivity index (χ4v) is 3.59. The highest BCUT2D eigenvalue weighted by Gasteiger charge is 2.31. The van der Waals surface area contributed by atoms with Gasteiger partial charge in [-0.1, -0.05) is 13.3 Å². The van der Waals surface area contributed by atoms with Crippen LogP contribution in [0.2, 0.25) is 0 Å². The highest BCUT2D eigenvalue weighted by atomic mass is 16.5. The lowest BCUT2D eigenvalue weighted by Crippen LogP contribution is -2.47. The molecule has 1 aromatic heterocycles. The fraction of sp³-hybridized carbons (Fsp3) is 0.700. The number of amides is 2. The summed E-state index contributed by atoms with van der Waals surface area (Å²) in [6.07, 6.45) is 7.60. The van der Waals surface area contributed by atoms with E-state index in [0.717, 1.165) is 50.9 Å². The minimum Gasteiger partial charge on any atom is -0.467 e. The predicted octanol–water partition coefficient (Wildman–Crippen LogP) is 2.83. The molecule has 1 saturated carbocycles. The first kappa shape index (κ1) is 19.0. The third kappa shape index (κ3) is 4.87. The van der Waals surface area contributed by atoms with Crippen LogP contribution < -0.4 is 0 Å². The maximum absolute atomic E-state index is 13.0. The number of hydrogen-bond donors (Lipinski definition) is 0. The monoisotopic (exact) mass is 362 g/mol. The largest absolute Gasteiger partial charge is 0.467 e. The molecule has 1 aromatic rings. The zero-order chi connectivity index (χ0) is 18.4. The van der Waals surface area contributed by atoms with Crippen molar-refractivity contribution in [1.29, 1.82) is 0 Å². The van der Waals surface area contributed by atoms with Crippen LogP contribution in [0.3, 0.4) is 0 Å². The van der Waals surface area contributed by atoms with Gasteiger partial charge in [-0.05, 0) is 44.2 Å². The van der Waals surface area contributed by atoms with Crippen LogP contribution in [0.5, 0.6) is 0 Å². The summed E-state index contributed by atoms with van der Waals surface area (Å²) in [5, 5.41) is 0. The van der Waals surface area contributed by atoms with Crippen molar-refractivity contribution in [2.45, 2.75) is 58.1 Å². The van der Waals surface area contributed by atoms with Gasteiger partial charge in [0.05, 0.1) is 25.5 Å². The van der Waals surface area contributed by atoms with E-state index in [0.29, 0.717) is 19.6 Å². The molecule has 1 atom stereocenters. The number of rotatable bonds is 9. The molecule has 3 rings (SSSR count). The lowest BCUT2D eigenvalue weighted by atomic mass is 9.84. The maximum atomic E-state index is 13.0. The van der Waals surface area contributed by atoms with Crippen molar-refractivity contribution >= 4 is 11.8 Å². The van der Waals surface area contributed by atoms with E-state index in [9.17, 15) is 9.59 Å². The quantitative estimate of drug-likeness (QED) is 0.678. The van der Waals surface area contributed by atoms with Gasteiger partial charge in [0, 0.05) is 25.6 Å². The Hall–Kier alpha value is -1.82. The van der Waals surface area contributed by atoms with Gasteiger partial charge in [0.25, 0.3) is 0 Å². The van der Waals surface area contributed by atoms with Crippen LogP contribution in [0.15, 0.2) is 22.8 Å². The van der Waals surface area contributed by atoms with Gasteiger partial charge < -0.3 is 19.0 Å². The van der Waals surface area contributed by atoms with Crippen LogP contribution in [0.25, 0.3) is 0 Å². The van der Waals surface area contributed by atoms with Crippen LogP contribution in [-0.4, -0.2) is 54.0 Å². The minimum atomic E-state index is -0.0296. The molecule has 6 nitrogen and oxygen atoms in total. The lowest BCUT2D eigenvalue weighted by Gasteiger charge is -2.33. The molecule has 0 aromatic carbocycles. The Morgan fingerprint density at radius 1 is 1.19 bits per heavy atom. The van der Waals surface area contributed by atoms with Gasteiger partial charge in [-0.3, -0.25) is 9.59 Å². The average Bonchev–Trinajstić information content (AvgIpc) is 3.26. The van der Waals surface area contributed by atoms with Crippen molar-refractivity contribution in [3.8, 4) is 0 Å². The third-order valence-corrected chi connectivity index (χ3v) is 5.31. The molecule has 2 fully saturated rings. The van der Waals surface area contributed by atoms with E-state index in [1.165, 1.54) is 0 Å². The van der Waals surface area contributed by atoms with Crippen LogP contribution in [-0.2, 0) is 20.9 Å². The molecule has 2 amide bonds. The van der Waals surface area contributed by atoms with E-state index in [1.54, 1.807) is 16.1 Å². The summed E-state index contributed by atoms with van der Waals surface area (Å²) in [6, 6.07) is 3.70. The van der Waals surface area contributed by atoms with Crippen molar-refractivity contribution in [1.82, 2.24) is 9.80 Å². The number of carbonyl (C=O) groups is 2. The highest BCUT2D eigenvalue weighted by Crippen LogP contribution is 2.28. The molecule has 0 unspecified atom stereocenters. The number of furan rings is 1. The lowest BCUT2D eigenvalue weighted by molar-refractivity contribution is -0.145. The van der Waals surface area contributed by atoms with Gasteiger partial charge in [-0.15, -0.1) is 0 Å². The Kier molecular flexibility index (Phi) is 6.72. The number of hydrogen-bond acceptors (Lipinski definition) is 4. The van der Waals surface area contributed by atoms with Gasteiger partial charge in [0.1, 0.15) is 5.76 Å². The SMILES string of the molecule is CCCN(CC(=O)N(Cc1ccco1)C[C@@H]1CCCO1)C(=O)C1CCC1. The summed E-state index contributed by atoms with van der Waals surface area (Å²) in [5.74, 6) is 0.981. The number of nitrogens with zero attached hydrogens (tertiary/aromatic N) is 2.